The van der Waals surface area contributed by atoms with E-state index in [-0.39, 0.29) is 29.0 Å². The van der Waals surface area contributed by atoms with Gasteiger partial charge < -0.3 is 10.4 Å². The molecule has 0 bridgehead atoms. The Morgan fingerprint density at radius 1 is 1.00 bits per heavy atom. The van der Waals surface area contributed by atoms with E-state index in [9.17, 15) is 24.3 Å². The number of imide groups is 1. The van der Waals surface area contributed by atoms with E-state index < -0.39 is 23.0 Å². The van der Waals surface area contributed by atoms with Crippen molar-refractivity contribution in [2.75, 3.05) is 10.2 Å². The standard InChI is InChI=1S/C29H22BrN3O5S2/c1-15-5-9-19(10-6-15)33-26(36)23-22(16-3-2-4-17(30)13-16)25-28(39-24(23)27(33)37)32(29(38)40-25)14-21(35)31-18-7-11-20(34)12-8-18/h2-13,22-24,34H,14H2,1H3,(H,31,35)/t22-,23?,24?/m1/s1. The van der Waals surface area contributed by atoms with Gasteiger partial charge in [-0.25, -0.2) is 4.90 Å². The van der Waals surface area contributed by atoms with Crippen LogP contribution in [0.1, 0.15) is 21.9 Å². The normalized spacial score (nSPS) is 19.9. The molecule has 6 rings (SSSR count). The number of fused-ring (bicyclic) bond motifs is 2. The smallest absolute Gasteiger partial charge is 0.308 e. The van der Waals surface area contributed by atoms with Crippen molar-refractivity contribution in [2.45, 2.75) is 29.7 Å². The highest BCUT2D eigenvalue weighted by Gasteiger charge is 2.56. The average Bonchev–Trinajstić information content (AvgIpc) is 3.36. The Balaban J connectivity index is 1.41. The number of thioether (sulfide) groups is 1. The van der Waals surface area contributed by atoms with Crippen LogP contribution in [-0.4, -0.2) is 32.6 Å². The van der Waals surface area contributed by atoms with Crippen molar-refractivity contribution in [2.24, 2.45) is 5.92 Å². The maximum absolute atomic E-state index is 13.9. The Morgan fingerprint density at radius 3 is 2.42 bits per heavy atom. The zero-order chi connectivity index (χ0) is 28.1. The number of carbonyl (C=O) groups excluding carboxylic acids is 3. The number of phenols is 1. The molecule has 3 heterocycles. The van der Waals surface area contributed by atoms with Crippen molar-refractivity contribution in [1.82, 2.24) is 4.57 Å². The predicted molar refractivity (Wildman–Crippen MR) is 158 cm³/mol. The second kappa shape index (κ2) is 10.4. The molecular formula is C29H22BrN3O5S2. The summed E-state index contributed by atoms with van der Waals surface area (Å²) in [5.74, 6) is -2.25. The van der Waals surface area contributed by atoms with Gasteiger partial charge in [-0.3, -0.25) is 23.7 Å². The maximum Gasteiger partial charge on any atom is 0.308 e. The molecule has 3 aromatic carbocycles. The molecule has 2 aliphatic rings. The molecule has 1 fully saturated rings. The summed E-state index contributed by atoms with van der Waals surface area (Å²) in [6.45, 7) is 1.68. The Kier molecular flexibility index (Phi) is 6.89. The number of aromatic nitrogens is 1. The Hall–Kier alpha value is -3.67. The molecule has 11 heteroatoms. The molecule has 0 radical (unpaired) electrons. The van der Waals surface area contributed by atoms with Crippen molar-refractivity contribution >= 4 is 68.1 Å². The van der Waals surface area contributed by atoms with E-state index in [0.717, 1.165) is 26.9 Å². The minimum absolute atomic E-state index is 0.0705. The predicted octanol–water partition coefficient (Wildman–Crippen LogP) is 5.12. The maximum atomic E-state index is 13.9. The first-order chi connectivity index (χ1) is 19.2. The zero-order valence-electron chi connectivity index (χ0n) is 21.0. The number of hydrogen-bond donors (Lipinski definition) is 2. The molecule has 40 heavy (non-hydrogen) atoms. The number of hydrogen-bond acceptors (Lipinski definition) is 7. The molecule has 1 aromatic heterocycles. The van der Waals surface area contributed by atoms with Gasteiger partial charge in [0, 0.05) is 21.0 Å². The number of rotatable bonds is 5. The summed E-state index contributed by atoms with van der Waals surface area (Å²) >= 11 is 5.69. The first kappa shape index (κ1) is 26.5. The van der Waals surface area contributed by atoms with Gasteiger partial charge in [0.1, 0.15) is 17.5 Å². The van der Waals surface area contributed by atoms with Crippen LogP contribution in [0.3, 0.4) is 0 Å². The number of nitrogens with zero attached hydrogens (tertiary/aromatic N) is 2. The van der Waals surface area contributed by atoms with E-state index in [1.807, 2.05) is 43.3 Å². The fraction of sp³-hybridized carbons (Fsp3) is 0.172. The molecule has 0 aliphatic carbocycles. The molecule has 1 saturated heterocycles. The van der Waals surface area contributed by atoms with Gasteiger partial charge in [-0.1, -0.05) is 68.9 Å². The van der Waals surface area contributed by atoms with E-state index in [4.69, 9.17) is 0 Å². The highest BCUT2D eigenvalue weighted by molar-refractivity contribution is 9.10. The molecule has 0 saturated carbocycles. The van der Waals surface area contributed by atoms with Gasteiger partial charge >= 0.3 is 4.87 Å². The fourth-order valence-electron chi connectivity index (χ4n) is 5.15. The van der Waals surface area contributed by atoms with Gasteiger partial charge in [-0.05, 0) is 61.0 Å². The van der Waals surface area contributed by atoms with Crippen LogP contribution in [0.4, 0.5) is 11.4 Å². The van der Waals surface area contributed by atoms with Crippen LogP contribution < -0.4 is 15.1 Å². The van der Waals surface area contributed by atoms with Crippen LogP contribution in [0.25, 0.3) is 0 Å². The molecule has 2 N–H and O–H groups in total. The molecular weight excluding hydrogens is 614 g/mol. The lowest BCUT2D eigenvalue weighted by Crippen LogP contribution is -2.33. The lowest BCUT2D eigenvalue weighted by atomic mass is 9.83. The lowest BCUT2D eigenvalue weighted by Gasteiger charge is -2.30. The van der Waals surface area contributed by atoms with Crippen LogP contribution in [-0.2, 0) is 20.9 Å². The van der Waals surface area contributed by atoms with Crippen molar-refractivity contribution in [3.8, 4) is 5.75 Å². The first-order valence-corrected chi connectivity index (χ1v) is 14.9. The molecule has 8 nitrogen and oxygen atoms in total. The van der Waals surface area contributed by atoms with E-state index >= 15 is 0 Å². The quantitative estimate of drug-likeness (QED) is 0.233. The fourth-order valence-corrected chi connectivity index (χ4v) is 8.34. The molecule has 3 amide bonds. The van der Waals surface area contributed by atoms with Gasteiger partial charge in [0.2, 0.25) is 17.7 Å². The molecule has 202 valence electrons. The van der Waals surface area contributed by atoms with E-state index in [2.05, 4.69) is 21.2 Å². The number of aromatic hydroxyl groups is 1. The minimum atomic E-state index is -0.759. The number of anilines is 2. The molecule has 3 atom stereocenters. The summed E-state index contributed by atoms with van der Waals surface area (Å²) in [7, 11) is 0. The van der Waals surface area contributed by atoms with Crippen molar-refractivity contribution in [3.05, 3.63) is 103 Å². The van der Waals surface area contributed by atoms with Crippen LogP contribution in [0.5, 0.6) is 5.75 Å². The number of halogens is 1. The van der Waals surface area contributed by atoms with Gasteiger partial charge in [-0.2, -0.15) is 0 Å². The van der Waals surface area contributed by atoms with Crippen molar-refractivity contribution in [3.63, 3.8) is 0 Å². The van der Waals surface area contributed by atoms with Gasteiger partial charge in [0.15, 0.2) is 0 Å². The monoisotopic (exact) mass is 635 g/mol. The Morgan fingerprint density at radius 2 is 1.73 bits per heavy atom. The molecule has 2 unspecified atom stereocenters. The highest BCUT2D eigenvalue weighted by Crippen LogP contribution is 2.54. The van der Waals surface area contributed by atoms with Crippen molar-refractivity contribution < 1.29 is 19.5 Å². The van der Waals surface area contributed by atoms with Crippen LogP contribution in [0.2, 0.25) is 0 Å². The first-order valence-electron chi connectivity index (χ1n) is 12.4. The summed E-state index contributed by atoms with van der Waals surface area (Å²) in [6, 6.07) is 20.8. The van der Waals surface area contributed by atoms with Crippen LogP contribution in [0.15, 0.2) is 87.1 Å². The summed E-state index contributed by atoms with van der Waals surface area (Å²) in [4.78, 5) is 55.5. The third kappa shape index (κ3) is 4.67. The number of nitrogens with one attached hydrogen (secondary N) is 1. The Labute approximate surface area is 245 Å². The summed E-state index contributed by atoms with van der Waals surface area (Å²) in [6.07, 6.45) is 0. The second-order valence-electron chi connectivity index (χ2n) is 9.66. The van der Waals surface area contributed by atoms with Gasteiger partial charge in [0.25, 0.3) is 0 Å². The lowest BCUT2D eigenvalue weighted by molar-refractivity contribution is -0.122. The average molecular weight is 637 g/mol. The molecule has 0 spiro atoms. The summed E-state index contributed by atoms with van der Waals surface area (Å²) in [5.41, 5.74) is 2.81. The third-order valence-corrected chi connectivity index (χ3v) is 10.1. The zero-order valence-corrected chi connectivity index (χ0v) is 24.3. The summed E-state index contributed by atoms with van der Waals surface area (Å²) < 4.78 is 2.20. The number of phenolic OH excluding ortho intramolecular Hbond substituents is 1. The summed E-state index contributed by atoms with van der Waals surface area (Å²) in [5, 5.41) is 12.0. The number of benzene rings is 3. The van der Waals surface area contributed by atoms with E-state index in [0.29, 0.717) is 21.3 Å². The SMILES string of the molecule is Cc1ccc(N2C(=O)C3Sc4c(sc(=O)n4CC(=O)Nc4ccc(O)cc4)[C@H](c4cccc(Br)c4)C3C2=O)cc1. The third-order valence-electron chi connectivity index (χ3n) is 7.00. The van der Waals surface area contributed by atoms with Crippen LogP contribution >= 0.6 is 39.0 Å². The second-order valence-corrected chi connectivity index (χ2v) is 12.7. The minimum Gasteiger partial charge on any atom is -0.508 e. The number of aryl methyl sites for hydroxylation is 1. The van der Waals surface area contributed by atoms with Crippen molar-refractivity contribution in [1.29, 1.82) is 0 Å². The largest absolute Gasteiger partial charge is 0.508 e. The van der Waals surface area contributed by atoms with Crippen LogP contribution in [0, 0.1) is 12.8 Å². The van der Waals surface area contributed by atoms with Gasteiger partial charge in [0.05, 0.1) is 16.6 Å². The molecule has 4 aromatic rings. The highest BCUT2D eigenvalue weighted by atomic mass is 79.9. The molecule has 2 aliphatic heterocycles. The van der Waals surface area contributed by atoms with E-state index in [1.165, 1.54) is 33.4 Å². The van der Waals surface area contributed by atoms with Gasteiger partial charge in [-0.15, -0.1) is 0 Å². The number of thiazole rings is 1. The topological polar surface area (TPSA) is 109 Å². The number of carbonyl (C=O) groups is 3. The Bertz CT molecular complexity index is 1710. The number of amides is 3. The van der Waals surface area contributed by atoms with E-state index in [1.54, 1.807) is 24.3 Å².